The van der Waals surface area contributed by atoms with Crippen molar-refractivity contribution in [3.05, 3.63) is 65.9 Å². The number of aromatic nitrogens is 1. The van der Waals surface area contributed by atoms with E-state index in [2.05, 4.69) is 34.6 Å². The van der Waals surface area contributed by atoms with E-state index in [1.807, 2.05) is 30.5 Å². The highest BCUT2D eigenvalue weighted by molar-refractivity contribution is 5.82. The van der Waals surface area contributed by atoms with Crippen LogP contribution in [0.15, 0.2) is 54.7 Å². The fraction of sp³-hybridized carbons (Fsp3) is 0.300. The number of hydrogen-bond donors (Lipinski definition) is 2. The zero-order valence-electron chi connectivity index (χ0n) is 14.0. The SMILES string of the molecule is COc1ccc(COCCCNCc2cccc3[nH]ccc23)cc1. The molecule has 0 saturated carbocycles. The highest BCUT2D eigenvalue weighted by Crippen LogP contribution is 2.17. The summed E-state index contributed by atoms with van der Waals surface area (Å²) < 4.78 is 10.9. The molecule has 0 bridgehead atoms. The van der Waals surface area contributed by atoms with Crippen LogP contribution in [0.1, 0.15) is 17.5 Å². The Labute approximate surface area is 142 Å². The fourth-order valence-electron chi connectivity index (χ4n) is 2.74. The molecule has 0 aliphatic rings. The average Bonchev–Trinajstić information content (AvgIpc) is 3.11. The Morgan fingerprint density at radius 3 is 2.75 bits per heavy atom. The van der Waals surface area contributed by atoms with Crippen LogP contribution in [0.25, 0.3) is 10.9 Å². The molecule has 24 heavy (non-hydrogen) atoms. The van der Waals surface area contributed by atoms with Crippen molar-refractivity contribution in [3.63, 3.8) is 0 Å². The van der Waals surface area contributed by atoms with Crippen LogP contribution in [-0.2, 0) is 17.9 Å². The van der Waals surface area contributed by atoms with Crippen molar-refractivity contribution in [2.45, 2.75) is 19.6 Å². The molecule has 4 heteroatoms. The first-order chi connectivity index (χ1) is 11.9. The number of nitrogens with one attached hydrogen (secondary N) is 2. The number of fused-ring (bicyclic) bond motifs is 1. The molecule has 0 aliphatic heterocycles. The first-order valence-corrected chi connectivity index (χ1v) is 8.33. The van der Waals surface area contributed by atoms with Gasteiger partial charge in [-0.25, -0.2) is 0 Å². The van der Waals surface area contributed by atoms with Gasteiger partial charge in [0.1, 0.15) is 5.75 Å². The summed E-state index contributed by atoms with van der Waals surface area (Å²) in [6.07, 6.45) is 2.99. The topological polar surface area (TPSA) is 46.3 Å². The maximum atomic E-state index is 5.72. The van der Waals surface area contributed by atoms with Gasteiger partial charge in [-0.2, -0.15) is 0 Å². The summed E-state index contributed by atoms with van der Waals surface area (Å²) in [5.74, 6) is 0.875. The molecular weight excluding hydrogens is 300 g/mol. The fourth-order valence-corrected chi connectivity index (χ4v) is 2.74. The minimum atomic E-state index is 0.645. The van der Waals surface area contributed by atoms with Gasteiger partial charge >= 0.3 is 0 Å². The van der Waals surface area contributed by atoms with Crippen LogP contribution in [-0.4, -0.2) is 25.2 Å². The van der Waals surface area contributed by atoms with E-state index in [9.17, 15) is 0 Å². The number of rotatable bonds is 9. The predicted octanol–water partition coefficient (Wildman–Crippen LogP) is 3.87. The van der Waals surface area contributed by atoms with Crippen molar-refractivity contribution in [3.8, 4) is 5.75 Å². The van der Waals surface area contributed by atoms with E-state index in [0.717, 1.165) is 31.9 Å². The second kappa shape index (κ2) is 8.52. The van der Waals surface area contributed by atoms with Gasteiger partial charge in [0.2, 0.25) is 0 Å². The van der Waals surface area contributed by atoms with Crippen LogP contribution >= 0.6 is 0 Å². The maximum Gasteiger partial charge on any atom is 0.118 e. The van der Waals surface area contributed by atoms with E-state index in [1.165, 1.54) is 22.0 Å². The molecule has 0 saturated heterocycles. The lowest BCUT2D eigenvalue weighted by Crippen LogP contribution is -2.16. The van der Waals surface area contributed by atoms with Gasteiger partial charge in [-0.1, -0.05) is 24.3 Å². The lowest BCUT2D eigenvalue weighted by atomic mass is 10.1. The maximum absolute atomic E-state index is 5.72. The van der Waals surface area contributed by atoms with Crippen LogP contribution in [0.2, 0.25) is 0 Å². The number of benzene rings is 2. The zero-order chi connectivity index (χ0) is 16.6. The summed E-state index contributed by atoms with van der Waals surface area (Å²) in [4.78, 5) is 3.25. The standard InChI is InChI=1S/C20H24N2O2/c1-23-18-8-6-16(7-9-18)15-24-13-3-11-21-14-17-4-2-5-20-19(17)10-12-22-20/h2,4-10,12,21-22H,3,11,13-15H2,1H3. The zero-order valence-corrected chi connectivity index (χ0v) is 14.0. The number of aromatic amines is 1. The monoisotopic (exact) mass is 324 g/mol. The van der Waals surface area contributed by atoms with Gasteiger partial charge in [0.15, 0.2) is 0 Å². The molecule has 0 spiro atoms. The molecule has 0 fully saturated rings. The number of hydrogen-bond acceptors (Lipinski definition) is 3. The predicted molar refractivity (Wildman–Crippen MR) is 97.3 cm³/mol. The van der Waals surface area contributed by atoms with Gasteiger partial charge in [-0.15, -0.1) is 0 Å². The van der Waals surface area contributed by atoms with Crippen molar-refractivity contribution in [1.82, 2.24) is 10.3 Å². The average molecular weight is 324 g/mol. The molecule has 3 aromatic rings. The first-order valence-electron chi connectivity index (χ1n) is 8.33. The highest BCUT2D eigenvalue weighted by atomic mass is 16.5. The molecule has 1 heterocycles. The molecule has 4 nitrogen and oxygen atoms in total. The highest BCUT2D eigenvalue weighted by Gasteiger charge is 2.01. The van der Waals surface area contributed by atoms with Crippen molar-refractivity contribution in [2.75, 3.05) is 20.3 Å². The van der Waals surface area contributed by atoms with Gasteiger partial charge in [0.25, 0.3) is 0 Å². The van der Waals surface area contributed by atoms with E-state index in [0.29, 0.717) is 6.61 Å². The van der Waals surface area contributed by atoms with E-state index in [1.54, 1.807) is 7.11 Å². The van der Waals surface area contributed by atoms with Gasteiger partial charge in [-0.05, 0) is 48.4 Å². The first kappa shape index (κ1) is 16.6. The second-order valence-corrected chi connectivity index (χ2v) is 5.79. The number of ether oxygens (including phenoxy) is 2. The van der Waals surface area contributed by atoms with E-state index in [-0.39, 0.29) is 0 Å². The minimum Gasteiger partial charge on any atom is -0.497 e. The molecule has 0 aliphatic carbocycles. The summed E-state index contributed by atoms with van der Waals surface area (Å²) >= 11 is 0. The van der Waals surface area contributed by atoms with E-state index in [4.69, 9.17) is 9.47 Å². The molecule has 0 radical (unpaired) electrons. The van der Waals surface area contributed by atoms with Crippen molar-refractivity contribution in [1.29, 1.82) is 0 Å². The third-order valence-corrected chi connectivity index (χ3v) is 4.07. The Morgan fingerprint density at radius 1 is 1.04 bits per heavy atom. The lowest BCUT2D eigenvalue weighted by molar-refractivity contribution is 0.118. The molecule has 2 aromatic carbocycles. The Hall–Kier alpha value is -2.30. The van der Waals surface area contributed by atoms with Crippen LogP contribution < -0.4 is 10.1 Å². The summed E-state index contributed by atoms with van der Waals surface area (Å²) in [6, 6.07) is 16.5. The van der Waals surface area contributed by atoms with Crippen LogP contribution in [0.5, 0.6) is 5.75 Å². The van der Waals surface area contributed by atoms with Crippen molar-refractivity contribution in [2.24, 2.45) is 0 Å². The van der Waals surface area contributed by atoms with Gasteiger partial charge < -0.3 is 19.8 Å². The lowest BCUT2D eigenvalue weighted by Gasteiger charge is -2.08. The van der Waals surface area contributed by atoms with Gasteiger partial charge in [0.05, 0.1) is 13.7 Å². The molecule has 0 unspecified atom stereocenters. The van der Waals surface area contributed by atoms with Gasteiger partial charge in [-0.3, -0.25) is 0 Å². The summed E-state index contributed by atoms with van der Waals surface area (Å²) in [6.45, 7) is 3.23. The normalized spacial score (nSPS) is 11.0. The molecule has 0 amide bonds. The minimum absolute atomic E-state index is 0.645. The summed E-state index contributed by atoms with van der Waals surface area (Å²) in [7, 11) is 1.68. The van der Waals surface area contributed by atoms with E-state index >= 15 is 0 Å². The molecule has 0 atom stereocenters. The quantitative estimate of drug-likeness (QED) is 0.587. The molecule has 3 rings (SSSR count). The Kier molecular flexibility index (Phi) is 5.88. The Morgan fingerprint density at radius 2 is 1.92 bits per heavy atom. The molecule has 2 N–H and O–H groups in total. The summed E-state index contributed by atoms with van der Waals surface area (Å²) in [5.41, 5.74) is 3.69. The number of H-pyrrole nitrogens is 1. The Bertz CT molecular complexity index is 750. The van der Waals surface area contributed by atoms with Gasteiger partial charge in [0, 0.05) is 30.3 Å². The van der Waals surface area contributed by atoms with Crippen molar-refractivity contribution >= 4 is 10.9 Å². The molecule has 1 aromatic heterocycles. The number of methoxy groups -OCH3 is 1. The van der Waals surface area contributed by atoms with Crippen LogP contribution in [0.4, 0.5) is 0 Å². The third-order valence-electron chi connectivity index (χ3n) is 4.07. The smallest absolute Gasteiger partial charge is 0.118 e. The largest absolute Gasteiger partial charge is 0.497 e. The van der Waals surface area contributed by atoms with Crippen LogP contribution in [0, 0.1) is 0 Å². The second-order valence-electron chi connectivity index (χ2n) is 5.79. The third kappa shape index (κ3) is 4.37. The molecule has 126 valence electrons. The Balaban J connectivity index is 1.32. The summed E-state index contributed by atoms with van der Waals surface area (Å²) in [5, 5.41) is 4.78. The van der Waals surface area contributed by atoms with Crippen LogP contribution in [0.3, 0.4) is 0 Å². The van der Waals surface area contributed by atoms with E-state index < -0.39 is 0 Å². The molecular formula is C20H24N2O2. The van der Waals surface area contributed by atoms with Crippen molar-refractivity contribution < 1.29 is 9.47 Å².